The van der Waals surface area contributed by atoms with E-state index in [9.17, 15) is 18.3 Å². The van der Waals surface area contributed by atoms with Crippen LogP contribution in [0.15, 0.2) is 30.2 Å². The summed E-state index contributed by atoms with van der Waals surface area (Å²) in [5, 5.41) is 9.69. The van der Waals surface area contributed by atoms with Crippen molar-refractivity contribution in [1.82, 2.24) is 18.8 Å². The molecule has 8 nitrogen and oxygen atoms in total. The van der Waals surface area contributed by atoms with E-state index in [0.29, 0.717) is 19.6 Å². The highest BCUT2D eigenvalue weighted by atomic mass is 32.2. The fourth-order valence-corrected chi connectivity index (χ4v) is 5.11. The second-order valence-corrected chi connectivity index (χ2v) is 8.20. The molecule has 2 saturated heterocycles. The molecule has 23 heavy (non-hydrogen) atoms. The lowest BCUT2D eigenvalue weighted by atomic mass is 9.81. The van der Waals surface area contributed by atoms with E-state index < -0.39 is 21.4 Å². The molecule has 126 valence electrons. The Morgan fingerprint density at radius 3 is 2.78 bits per heavy atom. The molecule has 0 radical (unpaired) electrons. The molecule has 3 rings (SSSR count). The Bertz CT molecular complexity index is 744. The summed E-state index contributed by atoms with van der Waals surface area (Å²) in [6.07, 6.45) is 4.59. The van der Waals surface area contributed by atoms with Crippen LogP contribution in [0.25, 0.3) is 0 Å². The lowest BCUT2D eigenvalue weighted by Gasteiger charge is -2.24. The molecule has 0 spiro atoms. The number of fused-ring (bicyclic) bond motifs is 1. The first kappa shape index (κ1) is 16.2. The van der Waals surface area contributed by atoms with Gasteiger partial charge < -0.3 is 9.67 Å². The number of hydrogen-bond acceptors (Lipinski definition) is 5. The number of likely N-dealkylation sites (tertiary alicyclic amines) is 1. The van der Waals surface area contributed by atoms with Gasteiger partial charge in [0.05, 0.1) is 11.7 Å². The summed E-state index contributed by atoms with van der Waals surface area (Å²) in [4.78, 5) is 17.8. The van der Waals surface area contributed by atoms with E-state index in [1.165, 1.54) is 16.8 Å². The second-order valence-electron chi connectivity index (χ2n) is 6.32. The van der Waals surface area contributed by atoms with Crippen molar-refractivity contribution in [1.29, 1.82) is 0 Å². The molecule has 3 heterocycles. The van der Waals surface area contributed by atoms with Gasteiger partial charge in [0, 0.05) is 51.9 Å². The topological polar surface area (TPSA) is 95.7 Å². The lowest BCUT2D eigenvalue weighted by molar-refractivity contribution is -0.148. The van der Waals surface area contributed by atoms with Gasteiger partial charge in [-0.1, -0.05) is 6.08 Å². The maximum absolute atomic E-state index is 12.7. The molecule has 9 heteroatoms. The van der Waals surface area contributed by atoms with Crippen molar-refractivity contribution >= 4 is 16.0 Å². The maximum Gasteiger partial charge on any atom is 0.312 e. The number of sulfonamides is 1. The van der Waals surface area contributed by atoms with Gasteiger partial charge in [-0.15, -0.1) is 6.58 Å². The van der Waals surface area contributed by atoms with Crippen molar-refractivity contribution in [2.75, 3.05) is 32.7 Å². The fourth-order valence-electron chi connectivity index (χ4n) is 3.58. The third-order valence-corrected chi connectivity index (χ3v) is 6.44. The third-order valence-electron chi connectivity index (χ3n) is 4.75. The lowest BCUT2D eigenvalue weighted by Crippen LogP contribution is -2.42. The van der Waals surface area contributed by atoms with Gasteiger partial charge in [0.1, 0.15) is 0 Å². The molecular weight excluding hydrogens is 320 g/mol. The van der Waals surface area contributed by atoms with Crippen LogP contribution in [0, 0.1) is 11.3 Å². The van der Waals surface area contributed by atoms with Crippen LogP contribution in [0.1, 0.15) is 0 Å². The van der Waals surface area contributed by atoms with Gasteiger partial charge >= 0.3 is 5.97 Å². The molecule has 0 aliphatic carbocycles. The van der Waals surface area contributed by atoms with Crippen LogP contribution in [-0.2, 0) is 21.9 Å². The van der Waals surface area contributed by atoms with Crippen molar-refractivity contribution in [3.05, 3.63) is 25.2 Å². The van der Waals surface area contributed by atoms with Crippen LogP contribution in [0.4, 0.5) is 0 Å². The number of aromatic nitrogens is 2. The molecule has 1 aromatic rings. The predicted octanol–water partition coefficient (Wildman–Crippen LogP) is -0.387. The predicted molar refractivity (Wildman–Crippen MR) is 82.2 cm³/mol. The monoisotopic (exact) mass is 340 g/mol. The first-order valence-electron chi connectivity index (χ1n) is 7.34. The Kier molecular flexibility index (Phi) is 3.81. The average molecular weight is 340 g/mol. The van der Waals surface area contributed by atoms with Crippen molar-refractivity contribution in [2.24, 2.45) is 18.4 Å². The fraction of sp³-hybridized carbons (Fsp3) is 0.571. The van der Waals surface area contributed by atoms with E-state index in [1.54, 1.807) is 17.7 Å². The van der Waals surface area contributed by atoms with Crippen LogP contribution >= 0.6 is 0 Å². The minimum absolute atomic E-state index is 0.0143. The van der Waals surface area contributed by atoms with Crippen LogP contribution < -0.4 is 0 Å². The summed E-state index contributed by atoms with van der Waals surface area (Å²) in [5.41, 5.74) is -1.05. The van der Waals surface area contributed by atoms with Crippen LogP contribution in [-0.4, -0.2) is 71.0 Å². The molecule has 0 bridgehead atoms. The maximum atomic E-state index is 12.7. The number of rotatable bonds is 5. The van der Waals surface area contributed by atoms with Crippen molar-refractivity contribution in [3.8, 4) is 0 Å². The summed E-state index contributed by atoms with van der Waals surface area (Å²) in [6.45, 7) is 5.38. The minimum atomic E-state index is -3.76. The summed E-state index contributed by atoms with van der Waals surface area (Å²) >= 11 is 0. The van der Waals surface area contributed by atoms with E-state index in [0.717, 1.165) is 0 Å². The normalized spacial score (nSPS) is 28.8. The summed E-state index contributed by atoms with van der Waals surface area (Å²) in [6, 6.07) is 0. The molecular formula is C14H20N4O4S. The number of aliphatic carboxylic acids is 1. The van der Waals surface area contributed by atoms with E-state index in [2.05, 4.69) is 11.6 Å². The molecule has 2 atom stereocenters. The van der Waals surface area contributed by atoms with Gasteiger partial charge in [-0.25, -0.2) is 13.4 Å². The van der Waals surface area contributed by atoms with Gasteiger partial charge in [-0.05, 0) is 0 Å². The SMILES string of the molecule is C=CCN1C[C@H]2CN(S(=O)(=O)c3cn(C)cn3)C[C@@]2(C(=O)O)C1. The highest BCUT2D eigenvalue weighted by Crippen LogP contribution is 2.44. The molecule has 0 unspecified atom stereocenters. The highest BCUT2D eigenvalue weighted by molar-refractivity contribution is 7.89. The molecule has 1 aromatic heterocycles. The number of hydrogen-bond donors (Lipinski definition) is 1. The Labute approximate surface area is 135 Å². The number of nitrogens with zero attached hydrogens (tertiary/aromatic N) is 4. The van der Waals surface area contributed by atoms with Crippen molar-refractivity contribution in [3.63, 3.8) is 0 Å². The highest BCUT2D eigenvalue weighted by Gasteiger charge is 2.59. The third kappa shape index (κ3) is 2.48. The Morgan fingerprint density at radius 2 is 2.26 bits per heavy atom. The number of carbonyl (C=O) groups is 1. The molecule has 0 amide bonds. The van der Waals surface area contributed by atoms with Gasteiger partial charge in [-0.3, -0.25) is 9.69 Å². The van der Waals surface area contributed by atoms with Gasteiger partial charge in [0.15, 0.2) is 5.03 Å². The molecule has 2 fully saturated rings. The summed E-state index contributed by atoms with van der Waals surface area (Å²) in [5.74, 6) is -1.16. The van der Waals surface area contributed by atoms with Crippen LogP contribution in [0.5, 0.6) is 0 Å². The van der Waals surface area contributed by atoms with E-state index in [1.807, 2.05) is 4.90 Å². The molecule has 1 N–H and O–H groups in total. The molecule has 2 aliphatic heterocycles. The van der Waals surface area contributed by atoms with Crippen LogP contribution in [0.3, 0.4) is 0 Å². The zero-order chi connectivity index (χ0) is 16.8. The molecule has 2 aliphatic rings. The zero-order valence-electron chi connectivity index (χ0n) is 12.9. The van der Waals surface area contributed by atoms with Gasteiger partial charge in [-0.2, -0.15) is 4.31 Å². The van der Waals surface area contributed by atoms with E-state index in [4.69, 9.17) is 0 Å². The summed E-state index contributed by atoms with van der Waals surface area (Å²) < 4.78 is 28.2. The van der Waals surface area contributed by atoms with E-state index >= 15 is 0 Å². The van der Waals surface area contributed by atoms with Gasteiger partial charge in [0.2, 0.25) is 0 Å². The second kappa shape index (κ2) is 5.43. The standard InChI is InChI=1S/C14H20N4O4S/c1-3-4-17-5-11-6-18(9-14(11,8-17)13(19)20)23(21,22)12-7-16(2)10-15-12/h3,7,10-11H,1,4-6,8-9H2,2H3,(H,19,20)/t11-,14-/m0/s1. The number of carboxylic acid groups (broad SMARTS) is 1. The first-order valence-corrected chi connectivity index (χ1v) is 8.78. The minimum Gasteiger partial charge on any atom is -0.481 e. The average Bonchev–Trinajstić information content (AvgIpc) is 3.11. The largest absolute Gasteiger partial charge is 0.481 e. The van der Waals surface area contributed by atoms with E-state index in [-0.39, 0.29) is 24.0 Å². The summed E-state index contributed by atoms with van der Waals surface area (Å²) in [7, 11) is -2.07. The quantitative estimate of drug-likeness (QED) is 0.734. The number of carboxylic acids is 1. The Balaban J connectivity index is 1.88. The molecule has 0 aromatic carbocycles. The van der Waals surface area contributed by atoms with Crippen LogP contribution in [0.2, 0.25) is 0 Å². The molecule has 0 saturated carbocycles. The van der Waals surface area contributed by atoms with Crippen molar-refractivity contribution < 1.29 is 18.3 Å². The van der Waals surface area contributed by atoms with Gasteiger partial charge in [0.25, 0.3) is 10.0 Å². The number of aryl methyl sites for hydroxylation is 1. The zero-order valence-corrected chi connectivity index (χ0v) is 13.7. The smallest absolute Gasteiger partial charge is 0.312 e. The number of imidazole rings is 1. The first-order chi connectivity index (χ1) is 10.8. The Hall–Kier alpha value is -1.71. The Morgan fingerprint density at radius 1 is 1.52 bits per heavy atom. The van der Waals surface area contributed by atoms with Crippen molar-refractivity contribution in [2.45, 2.75) is 5.03 Å².